The average Bonchev–Trinajstić information content (AvgIpc) is 3.21. The summed E-state index contributed by atoms with van der Waals surface area (Å²) < 4.78 is 15.6. The molecule has 0 saturated carbocycles. The van der Waals surface area contributed by atoms with Crippen LogP contribution in [-0.2, 0) is 17.9 Å². The Bertz CT molecular complexity index is 1190. The molecule has 0 aliphatic rings. The quantitative estimate of drug-likeness (QED) is 0.456. The third kappa shape index (κ3) is 5.30. The Hall–Kier alpha value is -4.06. The largest absolute Gasteiger partial charge is 0.348 e. The summed E-state index contributed by atoms with van der Waals surface area (Å²) in [6.07, 6.45) is 8.50. The van der Waals surface area contributed by atoms with Crippen LogP contribution in [0.2, 0.25) is 0 Å². The monoisotopic (exact) mass is 412 g/mol. The topological polar surface area (TPSA) is 59.8 Å². The van der Waals surface area contributed by atoms with E-state index in [2.05, 4.69) is 10.3 Å². The van der Waals surface area contributed by atoms with E-state index in [0.29, 0.717) is 12.1 Å². The van der Waals surface area contributed by atoms with Crippen molar-refractivity contribution < 1.29 is 9.18 Å². The van der Waals surface area contributed by atoms with Crippen LogP contribution in [0, 0.1) is 5.82 Å². The molecule has 154 valence electrons. The van der Waals surface area contributed by atoms with E-state index in [-0.39, 0.29) is 18.3 Å². The van der Waals surface area contributed by atoms with Gasteiger partial charge in [0.05, 0.1) is 6.54 Å². The molecule has 6 heteroatoms. The number of carbonyl (C=O) groups is 1. The number of hydrogen-bond donors (Lipinski definition) is 1. The highest BCUT2D eigenvalue weighted by molar-refractivity contribution is 5.92. The van der Waals surface area contributed by atoms with Gasteiger partial charge in [0, 0.05) is 47.9 Å². The summed E-state index contributed by atoms with van der Waals surface area (Å²) >= 11 is 0. The van der Waals surface area contributed by atoms with Crippen molar-refractivity contribution in [3.8, 4) is 11.3 Å². The number of nitrogens with one attached hydrogen (secondary N) is 1. The van der Waals surface area contributed by atoms with E-state index in [0.717, 1.165) is 22.4 Å². The van der Waals surface area contributed by atoms with Gasteiger partial charge in [-0.1, -0.05) is 48.5 Å². The Morgan fingerprint density at radius 3 is 2.61 bits per heavy atom. The van der Waals surface area contributed by atoms with Crippen LogP contribution in [-0.4, -0.2) is 20.7 Å². The lowest BCUT2D eigenvalue weighted by Crippen LogP contribution is -2.20. The van der Waals surface area contributed by atoms with Crippen LogP contribution in [0.3, 0.4) is 0 Å². The van der Waals surface area contributed by atoms with Crippen LogP contribution in [0.4, 0.5) is 4.39 Å². The highest BCUT2D eigenvalue weighted by atomic mass is 19.1. The van der Waals surface area contributed by atoms with Gasteiger partial charge in [-0.3, -0.25) is 14.5 Å². The van der Waals surface area contributed by atoms with E-state index in [9.17, 15) is 9.18 Å². The molecule has 4 aromatic rings. The minimum Gasteiger partial charge on any atom is -0.348 e. The Balaban J connectivity index is 1.53. The van der Waals surface area contributed by atoms with Crippen molar-refractivity contribution in [2.75, 3.05) is 0 Å². The van der Waals surface area contributed by atoms with E-state index in [1.54, 1.807) is 36.7 Å². The molecule has 0 aliphatic heterocycles. The molecular formula is C25H21FN4O. The second-order valence-electron chi connectivity index (χ2n) is 7.00. The zero-order valence-corrected chi connectivity index (χ0v) is 16.8. The maximum Gasteiger partial charge on any atom is 0.244 e. The molecule has 2 aromatic heterocycles. The first-order chi connectivity index (χ1) is 15.2. The predicted octanol–water partition coefficient (Wildman–Crippen LogP) is 4.46. The molecule has 0 radical (unpaired) electrons. The summed E-state index contributed by atoms with van der Waals surface area (Å²) in [6, 6.07) is 20.2. The maximum atomic E-state index is 13.7. The molecule has 0 spiro atoms. The van der Waals surface area contributed by atoms with Crippen LogP contribution in [0.5, 0.6) is 0 Å². The van der Waals surface area contributed by atoms with Crippen molar-refractivity contribution in [1.82, 2.24) is 20.1 Å². The zero-order chi connectivity index (χ0) is 21.5. The number of amides is 1. The van der Waals surface area contributed by atoms with E-state index in [4.69, 9.17) is 5.10 Å². The third-order valence-electron chi connectivity index (χ3n) is 4.74. The highest BCUT2D eigenvalue weighted by Gasteiger charge is 2.10. The highest BCUT2D eigenvalue weighted by Crippen LogP contribution is 2.23. The van der Waals surface area contributed by atoms with Gasteiger partial charge in [-0.15, -0.1) is 0 Å². The summed E-state index contributed by atoms with van der Waals surface area (Å²) in [7, 11) is 0. The first kappa shape index (κ1) is 20.2. The lowest BCUT2D eigenvalue weighted by atomic mass is 10.1. The average molecular weight is 412 g/mol. The van der Waals surface area contributed by atoms with E-state index >= 15 is 0 Å². The van der Waals surface area contributed by atoms with Crippen LogP contribution in [0.25, 0.3) is 17.3 Å². The minimum atomic E-state index is -0.340. The van der Waals surface area contributed by atoms with Crippen molar-refractivity contribution in [2.45, 2.75) is 13.1 Å². The van der Waals surface area contributed by atoms with Gasteiger partial charge in [0.2, 0.25) is 5.91 Å². The third-order valence-corrected chi connectivity index (χ3v) is 4.74. The van der Waals surface area contributed by atoms with E-state index < -0.39 is 0 Å². The maximum absolute atomic E-state index is 13.7. The van der Waals surface area contributed by atoms with Crippen LogP contribution < -0.4 is 5.32 Å². The molecule has 0 aliphatic carbocycles. The molecule has 1 N–H and O–H groups in total. The summed E-state index contributed by atoms with van der Waals surface area (Å²) in [4.78, 5) is 16.5. The van der Waals surface area contributed by atoms with Crippen molar-refractivity contribution in [3.05, 3.63) is 114 Å². The van der Waals surface area contributed by atoms with Crippen LogP contribution in [0.1, 0.15) is 16.7 Å². The summed E-state index contributed by atoms with van der Waals surface area (Å²) in [6.45, 7) is 0.736. The van der Waals surface area contributed by atoms with Gasteiger partial charge < -0.3 is 5.32 Å². The van der Waals surface area contributed by atoms with Crippen molar-refractivity contribution in [1.29, 1.82) is 0 Å². The second-order valence-corrected chi connectivity index (χ2v) is 7.00. The van der Waals surface area contributed by atoms with Crippen molar-refractivity contribution in [3.63, 3.8) is 0 Å². The van der Waals surface area contributed by atoms with Crippen molar-refractivity contribution >= 4 is 12.0 Å². The predicted molar refractivity (Wildman–Crippen MR) is 118 cm³/mol. The summed E-state index contributed by atoms with van der Waals surface area (Å²) in [5.41, 5.74) is 3.96. The molecule has 0 bridgehead atoms. The lowest BCUT2D eigenvalue weighted by Gasteiger charge is -2.03. The summed E-state index contributed by atoms with van der Waals surface area (Å²) in [5, 5.41) is 7.41. The lowest BCUT2D eigenvalue weighted by molar-refractivity contribution is -0.116. The summed E-state index contributed by atoms with van der Waals surface area (Å²) in [5.74, 6) is -0.649. The second kappa shape index (κ2) is 9.63. The molecular weight excluding hydrogens is 391 g/mol. The van der Waals surface area contributed by atoms with Gasteiger partial charge in [0.25, 0.3) is 0 Å². The molecule has 31 heavy (non-hydrogen) atoms. The van der Waals surface area contributed by atoms with Gasteiger partial charge >= 0.3 is 0 Å². The molecule has 0 atom stereocenters. The number of benzene rings is 2. The molecule has 0 unspecified atom stereocenters. The molecule has 0 fully saturated rings. The van der Waals surface area contributed by atoms with Gasteiger partial charge in [-0.25, -0.2) is 4.39 Å². The molecule has 2 heterocycles. The fourth-order valence-corrected chi connectivity index (χ4v) is 3.19. The molecule has 0 saturated heterocycles. The Morgan fingerprint density at radius 1 is 1.03 bits per heavy atom. The van der Waals surface area contributed by atoms with Gasteiger partial charge in [0.1, 0.15) is 11.5 Å². The zero-order valence-electron chi connectivity index (χ0n) is 16.8. The van der Waals surface area contributed by atoms with Crippen LogP contribution >= 0.6 is 0 Å². The normalized spacial score (nSPS) is 11.0. The Kier molecular flexibility index (Phi) is 6.28. The number of aromatic nitrogens is 3. The molecule has 1 amide bonds. The number of nitrogens with zero attached hydrogens (tertiary/aromatic N) is 3. The molecule has 4 rings (SSSR count). The Morgan fingerprint density at radius 2 is 1.84 bits per heavy atom. The van der Waals surface area contributed by atoms with Gasteiger partial charge in [-0.05, 0) is 29.8 Å². The first-order valence-corrected chi connectivity index (χ1v) is 9.90. The molecule has 5 nitrogen and oxygen atoms in total. The molecule has 2 aromatic carbocycles. The SMILES string of the molecule is O=C(/C=C/c1cn(Cc2ccccc2)nc1-c1cccnc1)NCc1ccccc1F. The van der Waals surface area contributed by atoms with Crippen LogP contribution in [0.15, 0.2) is 91.4 Å². The van der Waals surface area contributed by atoms with Gasteiger partial charge in [-0.2, -0.15) is 5.10 Å². The number of halogens is 1. The number of hydrogen-bond acceptors (Lipinski definition) is 3. The van der Waals surface area contributed by atoms with Crippen molar-refractivity contribution in [2.24, 2.45) is 0 Å². The minimum absolute atomic E-state index is 0.124. The van der Waals surface area contributed by atoms with E-state index in [1.807, 2.05) is 53.3 Å². The number of carbonyl (C=O) groups excluding carboxylic acids is 1. The van der Waals surface area contributed by atoms with E-state index in [1.165, 1.54) is 12.1 Å². The fraction of sp³-hybridized carbons (Fsp3) is 0.0800. The number of pyridine rings is 1. The first-order valence-electron chi connectivity index (χ1n) is 9.90. The Labute approximate surface area is 179 Å². The standard InChI is InChI=1S/C25H21FN4O/c26-23-11-5-4-9-20(23)16-28-24(31)13-12-22-18-30(17-19-7-2-1-3-8-19)29-25(22)21-10-6-14-27-15-21/h1-15,18H,16-17H2,(H,28,31)/b13-12+. The van der Waals surface area contributed by atoms with Gasteiger partial charge in [0.15, 0.2) is 0 Å². The fourth-order valence-electron chi connectivity index (χ4n) is 3.19. The number of rotatable bonds is 7. The smallest absolute Gasteiger partial charge is 0.244 e.